The Labute approximate surface area is 121 Å². The molecule has 0 radical (unpaired) electrons. The van der Waals surface area contributed by atoms with E-state index in [1.54, 1.807) is 11.8 Å². The lowest BCUT2D eigenvalue weighted by molar-refractivity contribution is 0.0222. The molecule has 0 aliphatic carbocycles. The van der Waals surface area contributed by atoms with Crippen LogP contribution in [-0.4, -0.2) is 47.8 Å². The van der Waals surface area contributed by atoms with Crippen molar-refractivity contribution in [1.82, 2.24) is 4.90 Å². The monoisotopic (exact) mass is 298 g/mol. The highest BCUT2D eigenvalue weighted by molar-refractivity contribution is 7.16. The normalized spacial score (nSPS) is 18.9. The first-order chi connectivity index (χ1) is 9.41. The molecule has 1 unspecified atom stereocenters. The van der Waals surface area contributed by atoms with Crippen LogP contribution in [-0.2, 0) is 4.74 Å². The van der Waals surface area contributed by atoms with Crippen LogP contribution < -0.4 is 5.32 Å². The van der Waals surface area contributed by atoms with E-state index in [1.165, 1.54) is 11.3 Å². The van der Waals surface area contributed by atoms with Gasteiger partial charge < -0.3 is 14.7 Å². The lowest BCUT2D eigenvalue weighted by atomic mass is 10.1. The van der Waals surface area contributed by atoms with Crippen molar-refractivity contribution in [3.05, 3.63) is 16.0 Å². The van der Waals surface area contributed by atoms with Gasteiger partial charge in [0.05, 0.1) is 24.8 Å². The van der Waals surface area contributed by atoms with Crippen molar-refractivity contribution in [2.24, 2.45) is 0 Å². The van der Waals surface area contributed by atoms with Crippen molar-refractivity contribution in [2.75, 3.05) is 25.1 Å². The van der Waals surface area contributed by atoms with Crippen molar-refractivity contribution in [3.8, 4) is 0 Å². The van der Waals surface area contributed by atoms with Crippen molar-refractivity contribution in [2.45, 2.75) is 26.8 Å². The van der Waals surface area contributed by atoms with E-state index in [1.807, 2.05) is 13.8 Å². The zero-order chi connectivity index (χ0) is 14.9. The lowest BCUT2D eigenvalue weighted by Crippen LogP contribution is -2.48. The van der Waals surface area contributed by atoms with Crippen molar-refractivity contribution in [1.29, 1.82) is 0 Å². The Balaban J connectivity index is 2.19. The summed E-state index contributed by atoms with van der Waals surface area (Å²) in [5.41, 5.74) is 0.884. The maximum Gasteiger partial charge on any atom is 0.338 e. The summed E-state index contributed by atoms with van der Waals surface area (Å²) in [6.45, 7) is 7.02. The molecule has 1 fully saturated rings. The predicted molar refractivity (Wildman–Crippen MR) is 76.8 cm³/mol. The molecule has 1 aromatic heterocycles. The lowest BCUT2D eigenvalue weighted by Gasteiger charge is -2.33. The second kappa shape index (κ2) is 5.80. The van der Waals surface area contributed by atoms with E-state index in [2.05, 4.69) is 5.32 Å². The minimum Gasteiger partial charge on any atom is -0.478 e. The van der Waals surface area contributed by atoms with Crippen molar-refractivity contribution < 1.29 is 19.4 Å². The van der Waals surface area contributed by atoms with Gasteiger partial charge in [0.2, 0.25) is 0 Å². The number of anilines is 1. The van der Waals surface area contributed by atoms with E-state index in [-0.39, 0.29) is 17.6 Å². The first-order valence-electron chi connectivity index (χ1n) is 6.40. The predicted octanol–water partition coefficient (Wildman–Crippen LogP) is 2.32. The topological polar surface area (TPSA) is 78.9 Å². The molecule has 6 nitrogen and oxygen atoms in total. The second-order valence-electron chi connectivity index (χ2n) is 4.84. The molecule has 1 aliphatic rings. The molecule has 110 valence electrons. The van der Waals surface area contributed by atoms with E-state index in [0.717, 1.165) is 4.88 Å². The Kier molecular flexibility index (Phi) is 4.29. The number of amides is 2. The van der Waals surface area contributed by atoms with Gasteiger partial charge in [0.15, 0.2) is 0 Å². The largest absolute Gasteiger partial charge is 0.478 e. The molecule has 0 bridgehead atoms. The highest BCUT2D eigenvalue weighted by atomic mass is 32.1. The van der Waals surface area contributed by atoms with Gasteiger partial charge in [-0.15, -0.1) is 11.3 Å². The molecule has 0 saturated carbocycles. The molecular weight excluding hydrogens is 280 g/mol. The number of carbonyl (C=O) groups excluding carboxylic acids is 1. The van der Waals surface area contributed by atoms with Crippen LogP contribution in [0.4, 0.5) is 9.80 Å². The third-order valence-corrected chi connectivity index (χ3v) is 4.57. The molecule has 1 aliphatic heterocycles. The molecule has 1 atom stereocenters. The first kappa shape index (κ1) is 14.8. The van der Waals surface area contributed by atoms with Gasteiger partial charge in [-0.3, -0.25) is 5.32 Å². The smallest absolute Gasteiger partial charge is 0.338 e. The highest BCUT2D eigenvalue weighted by Crippen LogP contribution is 2.32. The van der Waals surface area contributed by atoms with Gasteiger partial charge in [-0.1, -0.05) is 0 Å². The van der Waals surface area contributed by atoms with E-state index < -0.39 is 5.97 Å². The van der Waals surface area contributed by atoms with Crippen LogP contribution in [0.15, 0.2) is 0 Å². The van der Waals surface area contributed by atoms with Gasteiger partial charge in [-0.25, -0.2) is 9.59 Å². The van der Waals surface area contributed by atoms with Gasteiger partial charge in [-0.2, -0.15) is 0 Å². The molecule has 1 saturated heterocycles. The molecule has 1 aromatic rings. The fraction of sp³-hybridized carbons (Fsp3) is 0.538. The van der Waals surface area contributed by atoms with Crippen LogP contribution in [0.5, 0.6) is 0 Å². The summed E-state index contributed by atoms with van der Waals surface area (Å²) in [5, 5.41) is 12.4. The Morgan fingerprint density at radius 2 is 2.15 bits per heavy atom. The fourth-order valence-electron chi connectivity index (χ4n) is 2.17. The maximum absolute atomic E-state index is 12.2. The summed E-state index contributed by atoms with van der Waals surface area (Å²) in [6, 6.07) is -0.288. The number of morpholine rings is 1. The van der Waals surface area contributed by atoms with Crippen LogP contribution in [0.1, 0.15) is 27.7 Å². The zero-order valence-corrected chi connectivity index (χ0v) is 12.5. The average Bonchev–Trinajstić information content (AvgIpc) is 2.65. The third kappa shape index (κ3) is 2.78. The minimum atomic E-state index is -1.02. The number of carboxylic acid groups (broad SMARTS) is 1. The van der Waals surface area contributed by atoms with Gasteiger partial charge >= 0.3 is 12.0 Å². The number of thiophene rings is 1. The van der Waals surface area contributed by atoms with E-state index in [0.29, 0.717) is 30.3 Å². The van der Waals surface area contributed by atoms with Crippen molar-refractivity contribution >= 4 is 28.3 Å². The van der Waals surface area contributed by atoms with Crippen molar-refractivity contribution in [3.63, 3.8) is 0 Å². The number of urea groups is 1. The Morgan fingerprint density at radius 1 is 1.45 bits per heavy atom. The van der Waals surface area contributed by atoms with E-state index in [9.17, 15) is 14.7 Å². The van der Waals surface area contributed by atoms with Gasteiger partial charge in [0, 0.05) is 11.4 Å². The molecule has 2 N–H and O–H groups in total. The van der Waals surface area contributed by atoms with Gasteiger partial charge in [0.25, 0.3) is 0 Å². The molecule has 2 rings (SSSR count). The third-order valence-electron chi connectivity index (χ3n) is 3.45. The molecule has 20 heavy (non-hydrogen) atoms. The number of hydrogen-bond donors (Lipinski definition) is 2. The maximum atomic E-state index is 12.2. The number of ether oxygens (including phenoxy) is 1. The Morgan fingerprint density at radius 3 is 2.75 bits per heavy atom. The first-order valence-corrected chi connectivity index (χ1v) is 7.22. The Bertz CT molecular complexity index is 541. The molecular formula is C13H18N2O4S. The molecule has 2 heterocycles. The molecule has 0 spiro atoms. The van der Waals surface area contributed by atoms with Crippen LogP contribution in [0, 0.1) is 13.8 Å². The number of nitrogens with one attached hydrogen (secondary N) is 1. The van der Waals surface area contributed by atoms with Gasteiger partial charge in [0.1, 0.15) is 5.00 Å². The highest BCUT2D eigenvalue weighted by Gasteiger charge is 2.26. The zero-order valence-electron chi connectivity index (χ0n) is 11.7. The fourth-order valence-corrected chi connectivity index (χ4v) is 3.21. The summed E-state index contributed by atoms with van der Waals surface area (Å²) in [5.74, 6) is -1.02. The number of rotatable bonds is 2. The summed E-state index contributed by atoms with van der Waals surface area (Å²) >= 11 is 1.29. The summed E-state index contributed by atoms with van der Waals surface area (Å²) < 4.78 is 5.28. The Hall–Kier alpha value is -1.60. The molecule has 7 heteroatoms. The van der Waals surface area contributed by atoms with E-state index in [4.69, 9.17) is 4.74 Å². The standard InChI is InChI=1S/C13H18N2O4S/c1-7-6-19-5-4-15(7)13(18)14-11-10(12(16)17)8(2)9(3)20-11/h7H,4-6H2,1-3H3,(H,14,18)(H,16,17). The number of aryl methyl sites for hydroxylation is 1. The average molecular weight is 298 g/mol. The summed E-state index contributed by atoms with van der Waals surface area (Å²) in [4.78, 5) is 26.1. The quantitative estimate of drug-likeness (QED) is 0.878. The van der Waals surface area contributed by atoms with Crippen LogP contribution >= 0.6 is 11.3 Å². The minimum absolute atomic E-state index is 0.0146. The summed E-state index contributed by atoms with van der Waals surface area (Å²) in [6.07, 6.45) is 0. The SMILES string of the molecule is Cc1sc(NC(=O)N2CCOCC2C)c(C(=O)O)c1C. The van der Waals surface area contributed by atoms with E-state index >= 15 is 0 Å². The second-order valence-corrected chi connectivity index (χ2v) is 6.06. The summed E-state index contributed by atoms with van der Waals surface area (Å²) in [7, 11) is 0. The van der Waals surface area contributed by atoms with Gasteiger partial charge in [-0.05, 0) is 26.3 Å². The van der Waals surface area contributed by atoms with Crippen LogP contribution in [0.2, 0.25) is 0 Å². The number of carbonyl (C=O) groups is 2. The number of nitrogens with zero attached hydrogens (tertiary/aromatic N) is 1. The number of hydrogen-bond acceptors (Lipinski definition) is 4. The van der Waals surface area contributed by atoms with Crippen LogP contribution in [0.25, 0.3) is 0 Å². The molecule has 0 aromatic carbocycles. The molecule has 2 amide bonds. The van der Waals surface area contributed by atoms with Crippen LogP contribution in [0.3, 0.4) is 0 Å². The number of aromatic carboxylic acids is 1. The number of carboxylic acids is 1.